The van der Waals surface area contributed by atoms with Crippen molar-refractivity contribution in [2.24, 2.45) is 0 Å². The molecule has 0 aromatic rings. The van der Waals surface area contributed by atoms with Crippen molar-refractivity contribution in [1.29, 1.82) is 0 Å². The molecule has 3 nitrogen and oxygen atoms in total. The van der Waals surface area contributed by atoms with Gasteiger partial charge in [0.25, 0.3) is 0 Å². The Bertz CT molecular complexity index is 197. The van der Waals surface area contributed by atoms with Gasteiger partial charge in [-0.05, 0) is 6.42 Å². The van der Waals surface area contributed by atoms with Crippen molar-refractivity contribution in [2.45, 2.75) is 17.7 Å². The predicted octanol–water partition coefficient (Wildman–Crippen LogP) is 0.349. The van der Waals surface area contributed by atoms with Crippen LogP contribution in [0.4, 0.5) is 0 Å². The fraction of sp³-hybridized carbons (Fsp3) is 0.875. The van der Waals surface area contributed by atoms with Gasteiger partial charge in [0.2, 0.25) is 5.91 Å². The van der Waals surface area contributed by atoms with Gasteiger partial charge in [0.05, 0.1) is 0 Å². The van der Waals surface area contributed by atoms with Crippen molar-refractivity contribution in [3.8, 4) is 0 Å². The molecule has 12 heavy (non-hydrogen) atoms. The van der Waals surface area contributed by atoms with Crippen molar-refractivity contribution in [3.05, 3.63) is 0 Å². The molecule has 4 heteroatoms. The first-order valence-electron chi connectivity index (χ1n) is 4.21. The second-order valence-corrected chi connectivity index (χ2v) is 4.66. The zero-order chi connectivity index (χ0) is 8.55. The second-order valence-electron chi connectivity index (χ2n) is 3.32. The van der Waals surface area contributed by atoms with Crippen molar-refractivity contribution in [1.82, 2.24) is 4.90 Å². The number of nitrogens with zero attached hydrogens (tertiary/aromatic N) is 1. The first-order valence-corrected chi connectivity index (χ1v) is 5.26. The third-order valence-electron chi connectivity index (χ3n) is 2.49. The van der Waals surface area contributed by atoms with E-state index in [0.717, 1.165) is 12.3 Å². The van der Waals surface area contributed by atoms with E-state index in [2.05, 4.69) is 0 Å². The van der Waals surface area contributed by atoms with Gasteiger partial charge in [-0.2, -0.15) is 11.8 Å². The number of amides is 1. The molecule has 2 atom stereocenters. The van der Waals surface area contributed by atoms with Gasteiger partial charge in [-0.25, -0.2) is 0 Å². The van der Waals surface area contributed by atoms with Gasteiger partial charge in [0, 0.05) is 30.7 Å². The molecule has 2 heterocycles. The Hall–Kier alpha value is -0.220. The minimum absolute atomic E-state index is 0.158. The van der Waals surface area contributed by atoms with Crippen LogP contribution in [0.5, 0.6) is 0 Å². The van der Waals surface area contributed by atoms with E-state index in [0.29, 0.717) is 11.3 Å². The van der Waals surface area contributed by atoms with E-state index >= 15 is 0 Å². The fourth-order valence-electron chi connectivity index (χ4n) is 1.91. The topological polar surface area (TPSA) is 29.5 Å². The summed E-state index contributed by atoms with van der Waals surface area (Å²) in [7, 11) is 1.57. The zero-order valence-electron chi connectivity index (χ0n) is 7.16. The highest BCUT2D eigenvalue weighted by Crippen LogP contribution is 2.37. The summed E-state index contributed by atoms with van der Waals surface area (Å²) >= 11 is 2.00. The molecule has 2 aliphatic rings. The van der Waals surface area contributed by atoms with Crippen molar-refractivity contribution >= 4 is 17.7 Å². The summed E-state index contributed by atoms with van der Waals surface area (Å²) in [5.74, 6) is 1.28. The molecule has 0 aromatic carbocycles. The number of hydrogen-bond acceptors (Lipinski definition) is 3. The van der Waals surface area contributed by atoms with Crippen LogP contribution in [0.25, 0.3) is 0 Å². The highest BCUT2D eigenvalue weighted by Gasteiger charge is 2.40. The number of carbonyl (C=O) groups excluding carboxylic acids is 1. The molecule has 0 spiro atoms. The monoisotopic (exact) mass is 187 g/mol. The Morgan fingerprint density at radius 3 is 3.08 bits per heavy atom. The molecule has 2 aliphatic heterocycles. The average Bonchev–Trinajstić information content (AvgIpc) is 2.64. The maximum Gasteiger partial charge on any atom is 0.248 e. The number of carbonyl (C=O) groups is 1. The molecule has 0 N–H and O–H groups in total. The Morgan fingerprint density at radius 2 is 2.58 bits per heavy atom. The summed E-state index contributed by atoms with van der Waals surface area (Å²) in [6, 6.07) is 0.502. The van der Waals surface area contributed by atoms with Crippen molar-refractivity contribution in [2.75, 3.05) is 26.0 Å². The Kier molecular flexibility index (Phi) is 2.28. The summed E-state index contributed by atoms with van der Waals surface area (Å²) in [5, 5.41) is 0.704. The standard InChI is InChI=1S/C8H13NO2S/c1-11-4-8(10)9-3-7-2-6(9)5-12-7/h6-7H,2-5H2,1H3/t6-,7+/m0/s1. The number of ether oxygens (including phenoxy) is 1. The van der Waals surface area contributed by atoms with E-state index in [9.17, 15) is 4.79 Å². The lowest BCUT2D eigenvalue weighted by Crippen LogP contribution is -2.41. The normalized spacial score (nSPS) is 32.9. The quantitative estimate of drug-likeness (QED) is 0.624. The van der Waals surface area contributed by atoms with Gasteiger partial charge >= 0.3 is 0 Å². The van der Waals surface area contributed by atoms with Crippen LogP contribution in [0.2, 0.25) is 0 Å². The number of rotatable bonds is 2. The molecular formula is C8H13NO2S. The maximum absolute atomic E-state index is 11.4. The van der Waals surface area contributed by atoms with Crippen LogP contribution in [-0.4, -0.2) is 48.1 Å². The van der Waals surface area contributed by atoms with Gasteiger partial charge in [-0.1, -0.05) is 0 Å². The van der Waals surface area contributed by atoms with Crippen molar-refractivity contribution in [3.63, 3.8) is 0 Å². The second kappa shape index (κ2) is 3.26. The number of methoxy groups -OCH3 is 1. The van der Waals surface area contributed by atoms with Crippen LogP contribution in [-0.2, 0) is 9.53 Å². The molecule has 68 valence electrons. The van der Waals surface area contributed by atoms with E-state index in [1.54, 1.807) is 7.11 Å². The zero-order valence-corrected chi connectivity index (χ0v) is 7.97. The van der Waals surface area contributed by atoms with E-state index in [1.165, 1.54) is 6.42 Å². The first-order chi connectivity index (χ1) is 5.81. The molecule has 2 fully saturated rings. The highest BCUT2D eigenvalue weighted by atomic mass is 32.2. The van der Waals surface area contributed by atoms with E-state index < -0.39 is 0 Å². The van der Waals surface area contributed by atoms with Crippen LogP contribution >= 0.6 is 11.8 Å². The summed E-state index contributed by atoms with van der Waals surface area (Å²) in [6.45, 7) is 1.19. The minimum atomic E-state index is 0.158. The first kappa shape index (κ1) is 8.38. The molecule has 0 radical (unpaired) electrons. The molecule has 2 rings (SSSR count). The van der Waals surface area contributed by atoms with Crippen LogP contribution in [0.15, 0.2) is 0 Å². The highest BCUT2D eigenvalue weighted by molar-refractivity contribution is 8.00. The molecular weight excluding hydrogens is 174 g/mol. The Labute approximate surface area is 76.4 Å². The lowest BCUT2D eigenvalue weighted by Gasteiger charge is -2.26. The third kappa shape index (κ3) is 1.33. The van der Waals surface area contributed by atoms with Crippen LogP contribution in [0.3, 0.4) is 0 Å². The van der Waals surface area contributed by atoms with Gasteiger partial charge in [-0.15, -0.1) is 0 Å². The average molecular weight is 187 g/mol. The largest absolute Gasteiger partial charge is 0.375 e. The van der Waals surface area contributed by atoms with Crippen molar-refractivity contribution < 1.29 is 9.53 Å². The lowest BCUT2D eigenvalue weighted by molar-refractivity contribution is -0.135. The summed E-state index contributed by atoms with van der Waals surface area (Å²) in [5.41, 5.74) is 0. The summed E-state index contributed by atoms with van der Waals surface area (Å²) in [6.07, 6.45) is 1.19. The third-order valence-corrected chi connectivity index (χ3v) is 3.88. The molecule has 0 unspecified atom stereocenters. The number of fused-ring (bicyclic) bond motifs is 2. The van der Waals surface area contributed by atoms with Gasteiger partial charge in [-0.3, -0.25) is 4.79 Å². The van der Waals surface area contributed by atoms with Crippen LogP contribution < -0.4 is 0 Å². The number of hydrogen-bond donors (Lipinski definition) is 0. The molecule has 0 saturated carbocycles. The number of likely N-dealkylation sites (tertiary alicyclic amines) is 1. The summed E-state index contributed by atoms with van der Waals surface area (Å²) in [4.78, 5) is 13.4. The van der Waals surface area contributed by atoms with Gasteiger partial charge < -0.3 is 9.64 Å². The van der Waals surface area contributed by atoms with Gasteiger partial charge in [0.15, 0.2) is 0 Å². The van der Waals surface area contributed by atoms with E-state index in [1.807, 2.05) is 16.7 Å². The fourth-order valence-corrected chi connectivity index (χ4v) is 3.35. The van der Waals surface area contributed by atoms with E-state index in [4.69, 9.17) is 4.74 Å². The van der Waals surface area contributed by atoms with E-state index in [-0.39, 0.29) is 12.5 Å². The molecule has 0 aliphatic carbocycles. The molecule has 2 saturated heterocycles. The SMILES string of the molecule is COCC(=O)N1C[C@H]2C[C@H]1CS2. The minimum Gasteiger partial charge on any atom is -0.375 e. The molecule has 2 bridgehead atoms. The Morgan fingerprint density at radius 1 is 1.75 bits per heavy atom. The smallest absolute Gasteiger partial charge is 0.248 e. The number of thioether (sulfide) groups is 1. The lowest BCUT2D eigenvalue weighted by atomic mass is 10.2. The maximum atomic E-state index is 11.4. The molecule has 1 amide bonds. The van der Waals surface area contributed by atoms with Gasteiger partial charge in [0.1, 0.15) is 6.61 Å². The van der Waals surface area contributed by atoms with Crippen LogP contribution in [0, 0.1) is 0 Å². The molecule has 0 aromatic heterocycles. The predicted molar refractivity (Wildman–Crippen MR) is 48.2 cm³/mol. The van der Waals surface area contributed by atoms with Crippen LogP contribution in [0.1, 0.15) is 6.42 Å². The Balaban J connectivity index is 1.93. The summed E-state index contributed by atoms with van der Waals surface area (Å²) < 4.78 is 4.83.